The van der Waals surface area contributed by atoms with Crippen LogP contribution in [0.1, 0.15) is 11.5 Å². The summed E-state index contributed by atoms with van der Waals surface area (Å²) in [6.07, 6.45) is 7.08. The van der Waals surface area contributed by atoms with E-state index in [1.54, 1.807) is 24.7 Å². The van der Waals surface area contributed by atoms with E-state index in [2.05, 4.69) is 20.3 Å². The molecule has 0 spiro atoms. The third-order valence-corrected chi connectivity index (χ3v) is 5.56. The van der Waals surface area contributed by atoms with Crippen LogP contribution >= 0.6 is 0 Å². The average Bonchev–Trinajstić information content (AvgIpc) is 3.27. The first-order valence-corrected chi connectivity index (χ1v) is 10.4. The normalized spacial score (nSPS) is 12.8. The van der Waals surface area contributed by atoms with Gasteiger partial charge in [-0.3, -0.25) is 9.97 Å². The molecule has 0 radical (unpaired) electrons. The van der Waals surface area contributed by atoms with E-state index < -0.39 is 0 Å². The molecule has 33 heavy (non-hydrogen) atoms. The monoisotopic (exact) mass is 435 g/mol. The van der Waals surface area contributed by atoms with E-state index in [4.69, 9.17) is 15.7 Å². The van der Waals surface area contributed by atoms with Crippen molar-refractivity contribution >= 4 is 28.0 Å². The maximum atomic E-state index is 13.8. The van der Waals surface area contributed by atoms with Crippen molar-refractivity contribution in [3.05, 3.63) is 90.5 Å². The van der Waals surface area contributed by atoms with Crippen LogP contribution in [0.4, 0.5) is 15.8 Å². The molecule has 0 unspecified atom stereocenters. The van der Waals surface area contributed by atoms with E-state index in [1.165, 1.54) is 12.1 Å². The molecule has 7 nitrogen and oxygen atoms in total. The summed E-state index contributed by atoms with van der Waals surface area (Å²) in [6.45, 7) is 0.648. The zero-order valence-electron chi connectivity index (χ0n) is 17.4. The molecule has 4 aromatic heterocycles. The maximum absolute atomic E-state index is 13.8. The van der Waals surface area contributed by atoms with E-state index >= 15 is 0 Å². The van der Waals surface area contributed by atoms with Gasteiger partial charge < -0.3 is 16.0 Å². The number of hydrogen-bond acceptors (Lipinski definition) is 6. The van der Waals surface area contributed by atoms with Crippen LogP contribution in [0, 0.1) is 5.82 Å². The predicted octanol–water partition coefficient (Wildman–Crippen LogP) is 4.66. The zero-order chi connectivity index (χ0) is 22.4. The molecule has 4 N–H and O–H groups in total. The van der Waals surface area contributed by atoms with Crippen LogP contribution < -0.4 is 11.1 Å². The summed E-state index contributed by atoms with van der Waals surface area (Å²) in [7, 11) is 0. The first kappa shape index (κ1) is 19.1. The highest BCUT2D eigenvalue weighted by Gasteiger charge is 2.21. The molecule has 1 aliphatic heterocycles. The Kier molecular flexibility index (Phi) is 4.36. The lowest BCUT2D eigenvalue weighted by Crippen LogP contribution is -2.11. The second-order valence-corrected chi connectivity index (χ2v) is 7.75. The van der Waals surface area contributed by atoms with Gasteiger partial charge in [-0.05, 0) is 36.4 Å². The number of nitrogens with two attached hydrogens (primary N) is 1. The number of pyridine rings is 3. The number of imidazole rings is 1. The van der Waals surface area contributed by atoms with Gasteiger partial charge in [-0.25, -0.2) is 14.4 Å². The lowest BCUT2D eigenvalue weighted by Gasteiger charge is -2.18. The largest absolute Gasteiger partial charge is 0.397 e. The number of fused-ring (bicyclic) bond motifs is 2. The van der Waals surface area contributed by atoms with Gasteiger partial charge in [0.2, 0.25) is 0 Å². The summed E-state index contributed by atoms with van der Waals surface area (Å²) in [6, 6.07) is 14.0. The summed E-state index contributed by atoms with van der Waals surface area (Å²) >= 11 is 0. The fourth-order valence-electron chi connectivity index (χ4n) is 4.04. The molecule has 0 saturated carbocycles. The number of hydrogen-bond donors (Lipinski definition) is 3. The van der Waals surface area contributed by atoms with Gasteiger partial charge in [-0.15, -0.1) is 0 Å². The molecule has 160 valence electrons. The third-order valence-electron chi connectivity index (χ3n) is 5.56. The van der Waals surface area contributed by atoms with Crippen molar-refractivity contribution in [2.45, 2.75) is 0 Å². The molecule has 0 amide bonds. The van der Waals surface area contributed by atoms with Crippen molar-refractivity contribution in [3.8, 4) is 22.5 Å². The Labute approximate surface area is 188 Å². The van der Waals surface area contributed by atoms with E-state index in [9.17, 15) is 4.39 Å². The van der Waals surface area contributed by atoms with E-state index in [-0.39, 0.29) is 5.82 Å². The number of benzene rings is 1. The second-order valence-electron chi connectivity index (χ2n) is 7.75. The Morgan fingerprint density at radius 3 is 2.76 bits per heavy atom. The minimum Gasteiger partial charge on any atom is -0.397 e. The fourth-order valence-corrected chi connectivity index (χ4v) is 4.04. The molecular weight excluding hydrogens is 417 g/mol. The number of nitrogens with zero attached hydrogens (tertiary/aromatic N) is 4. The number of anilines is 2. The van der Waals surface area contributed by atoms with Gasteiger partial charge in [0, 0.05) is 41.8 Å². The lowest BCUT2D eigenvalue weighted by atomic mass is 10.0. The van der Waals surface area contributed by atoms with Crippen molar-refractivity contribution in [1.29, 1.82) is 0 Å². The molecule has 5 aromatic rings. The van der Waals surface area contributed by atoms with Crippen molar-refractivity contribution in [3.63, 3.8) is 0 Å². The Hall–Kier alpha value is -4.59. The van der Waals surface area contributed by atoms with Gasteiger partial charge in [-0.1, -0.05) is 18.2 Å². The lowest BCUT2D eigenvalue weighted by molar-refractivity contribution is 0.628. The van der Waals surface area contributed by atoms with Gasteiger partial charge in [0.15, 0.2) is 0 Å². The molecule has 0 bridgehead atoms. The minimum absolute atomic E-state index is 0.315. The Morgan fingerprint density at radius 1 is 0.939 bits per heavy atom. The van der Waals surface area contributed by atoms with E-state index in [0.717, 1.165) is 33.7 Å². The van der Waals surface area contributed by atoms with Gasteiger partial charge in [0.1, 0.15) is 17.2 Å². The van der Waals surface area contributed by atoms with Crippen LogP contribution in [-0.2, 0) is 0 Å². The number of aromatic nitrogens is 5. The molecule has 0 atom stereocenters. The quantitative estimate of drug-likeness (QED) is 0.381. The van der Waals surface area contributed by atoms with Crippen LogP contribution in [0.5, 0.6) is 0 Å². The van der Waals surface area contributed by atoms with Crippen molar-refractivity contribution in [2.24, 2.45) is 0 Å². The minimum atomic E-state index is -0.315. The molecule has 6 rings (SSSR count). The smallest absolute Gasteiger partial charge is 0.140 e. The molecule has 1 aliphatic rings. The topological polar surface area (TPSA) is 105 Å². The standard InChI is InChI=1S/C25H18FN7/c26-16-3-1-2-14(10-16)22-24-21(7-9-30-22)32-25(33-24)18-6-8-29-20-5-4-19(31-23(18)20)15-11-17(27)13-28-12-15/h1-7,9-13,29H,8,27H2,(H,32,33). The fraction of sp³-hybridized carbons (Fsp3) is 0.0400. The number of aromatic amines is 1. The average molecular weight is 435 g/mol. The maximum Gasteiger partial charge on any atom is 0.140 e. The van der Waals surface area contributed by atoms with Crippen LogP contribution in [0.25, 0.3) is 39.1 Å². The molecule has 8 heteroatoms. The number of H-pyrrole nitrogens is 1. The Balaban J connectivity index is 1.47. The van der Waals surface area contributed by atoms with E-state index in [1.807, 2.05) is 36.4 Å². The predicted molar refractivity (Wildman–Crippen MR) is 127 cm³/mol. The molecular formula is C25H18FN7. The molecule has 0 saturated heterocycles. The number of nitrogen functional groups attached to an aromatic ring is 1. The zero-order valence-corrected chi connectivity index (χ0v) is 17.4. The van der Waals surface area contributed by atoms with Crippen molar-refractivity contribution < 1.29 is 4.39 Å². The van der Waals surface area contributed by atoms with Gasteiger partial charge >= 0.3 is 0 Å². The summed E-state index contributed by atoms with van der Waals surface area (Å²) in [5, 5.41) is 3.35. The first-order valence-electron chi connectivity index (χ1n) is 10.4. The molecule has 0 aliphatic carbocycles. The van der Waals surface area contributed by atoms with Crippen LogP contribution in [0.15, 0.2) is 73.2 Å². The van der Waals surface area contributed by atoms with Gasteiger partial charge in [-0.2, -0.15) is 0 Å². The number of nitrogens with one attached hydrogen (secondary N) is 2. The summed E-state index contributed by atoms with van der Waals surface area (Å²) in [5.74, 6) is 0.360. The molecule has 0 fully saturated rings. The summed E-state index contributed by atoms with van der Waals surface area (Å²) in [4.78, 5) is 21.8. The summed E-state index contributed by atoms with van der Waals surface area (Å²) < 4.78 is 13.8. The van der Waals surface area contributed by atoms with Crippen molar-refractivity contribution in [2.75, 3.05) is 17.6 Å². The molecule has 5 heterocycles. The van der Waals surface area contributed by atoms with Crippen molar-refractivity contribution in [1.82, 2.24) is 24.9 Å². The number of halogens is 1. The highest BCUT2D eigenvalue weighted by atomic mass is 19.1. The highest BCUT2D eigenvalue weighted by Crippen LogP contribution is 2.34. The highest BCUT2D eigenvalue weighted by molar-refractivity contribution is 5.93. The van der Waals surface area contributed by atoms with E-state index in [0.29, 0.717) is 34.8 Å². The SMILES string of the molecule is Nc1cncc(-c2ccc3c(n2)C(c2nc4c(-c5cccc(F)c5)nccc4[nH]2)=CCN3)c1. The Bertz CT molecular complexity index is 1550. The first-order chi connectivity index (χ1) is 16.2. The number of rotatable bonds is 3. The summed E-state index contributed by atoms with van der Waals surface area (Å²) in [5.41, 5.74) is 13.4. The van der Waals surface area contributed by atoms with Crippen LogP contribution in [-0.4, -0.2) is 31.5 Å². The van der Waals surface area contributed by atoms with Crippen LogP contribution in [0.2, 0.25) is 0 Å². The van der Waals surface area contributed by atoms with Gasteiger partial charge in [0.25, 0.3) is 0 Å². The van der Waals surface area contributed by atoms with Crippen LogP contribution in [0.3, 0.4) is 0 Å². The molecule has 1 aromatic carbocycles. The van der Waals surface area contributed by atoms with Gasteiger partial charge in [0.05, 0.1) is 34.0 Å². The second kappa shape index (κ2) is 7.52. The third kappa shape index (κ3) is 3.38. The Morgan fingerprint density at radius 2 is 1.88 bits per heavy atom.